The molecule has 1 N–H and O–H groups in total. The number of aryl methyl sites for hydroxylation is 2. The van der Waals surface area contributed by atoms with Gasteiger partial charge in [0.1, 0.15) is 11.6 Å². The summed E-state index contributed by atoms with van der Waals surface area (Å²) >= 11 is 1.56. The molecule has 2 amide bonds. The van der Waals surface area contributed by atoms with Crippen molar-refractivity contribution in [3.05, 3.63) is 65.6 Å². The van der Waals surface area contributed by atoms with Gasteiger partial charge in [0.25, 0.3) is 0 Å². The summed E-state index contributed by atoms with van der Waals surface area (Å²) in [6.07, 6.45) is 2.95. The van der Waals surface area contributed by atoms with Gasteiger partial charge in [-0.1, -0.05) is 18.2 Å². The second-order valence-electron chi connectivity index (χ2n) is 6.97. The number of carbonyl (C=O) groups is 2. The molecular formula is C22H21N3O3S. The lowest BCUT2D eigenvalue weighted by atomic mass is 10.1. The van der Waals surface area contributed by atoms with Crippen LogP contribution < -0.4 is 5.32 Å². The Morgan fingerprint density at radius 2 is 2.03 bits per heavy atom. The van der Waals surface area contributed by atoms with Crippen molar-refractivity contribution in [1.82, 2.24) is 9.88 Å². The van der Waals surface area contributed by atoms with Crippen molar-refractivity contribution in [2.75, 3.05) is 16.9 Å². The smallest absolute Gasteiger partial charge is 0.248 e. The van der Waals surface area contributed by atoms with Gasteiger partial charge in [-0.05, 0) is 49.2 Å². The molecule has 0 saturated carbocycles. The molecule has 3 aromatic rings. The van der Waals surface area contributed by atoms with Gasteiger partial charge >= 0.3 is 0 Å². The number of nitrogens with zero attached hydrogens (tertiary/aromatic N) is 2. The SMILES string of the molecule is Cc1ccc(NC(=O)C2CSCN2C(=O)/C=C/c2nc3ccccc3o2)cc1C. The number of hydrogen-bond acceptors (Lipinski definition) is 5. The van der Waals surface area contributed by atoms with Crippen LogP contribution in [0.4, 0.5) is 5.69 Å². The van der Waals surface area contributed by atoms with Crippen molar-refractivity contribution >= 4 is 46.4 Å². The number of aromatic nitrogens is 1. The van der Waals surface area contributed by atoms with E-state index in [0.29, 0.717) is 23.1 Å². The van der Waals surface area contributed by atoms with Gasteiger partial charge in [-0.3, -0.25) is 9.59 Å². The van der Waals surface area contributed by atoms with Crippen molar-refractivity contribution < 1.29 is 14.0 Å². The summed E-state index contributed by atoms with van der Waals surface area (Å²) in [5, 5.41) is 2.93. The van der Waals surface area contributed by atoms with Gasteiger partial charge in [-0.15, -0.1) is 11.8 Å². The van der Waals surface area contributed by atoms with E-state index in [1.54, 1.807) is 22.7 Å². The fraction of sp³-hybridized carbons (Fsp3) is 0.227. The Labute approximate surface area is 173 Å². The van der Waals surface area contributed by atoms with E-state index in [9.17, 15) is 9.59 Å². The number of thioether (sulfide) groups is 1. The van der Waals surface area contributed by atoms with Crippen LogP contribution in [0.25, 0.3) is 17.2 Å². The monoisotopic (exact) mass is 407 g/mol. The molecule has 6 nitrogen and oxygen atoms in total. The fourth-order valence-corrected chi connectivity index (χ4v) is 4.29. The van der Waals surface area contributed by atoms with Gasteiger partial charge in [0, 0.05) is 23.6 Å². The number of amides is 2. The Morgan fingerprint density at radius 3 is 2.83 bits per heavy atom. The molecule has 1 aliphatic heterocycles. The highest BCUT2D eigenvalue weighted by Crippen LogP contribution is 2.24. The molecule has 0 radical (unpaired) electrons. The highest BCUT2D eigenvalue weighted by Gasteiger charge is 2.33. The Hall–Kier alpha value is -3.06. The summed E-state index contributed by atoms with van der Waals surface area (Å²) in [6, 6.07) is 12.7. The molecule has 2 heterocycles. The minimum Gasteiger partial charge on any atom is -0.437 e. The van der Waals surface area contributed by atoms with E-state index in [1.165, 1.54) is 11.6 Å². The van der Waals surface area contributed by atoms with Crippen LogP contribution in [-0.2, 0) is 9.59 Å². The third-order valence-corrected chi connectivity index (χ3v) is 5.93. The van der Waals surface area contributed by atoms with Crippen molar-refractivity contribution in [3.8, 4) is 0 Å². The van der Waals surface area contributed by atoms with E-state index in [1.807, 2.05) is 56.3 Å². The predicted molar refractivity (Wildman–Crippen MR) is 116 cm³/mol. The van der Waals surface area contributed by atoms with Gasteiger partial charge in [0.05, 0.1) is 5.88 Å². The Balaban J connectivity index is 1.44. The molecule has 0 spiro atoms. The Kier molecular flexibility index (Phi) is 5.40. The lowest BCUT2D eigenvalue weighted by Gasteiger charge is -2.21. The zero-order valence-electron chi connectivity index (χ0n) is 16.2. The summed E-state index contributed by atoms with van der Waals surface area (Å²) in [4.78, 5) is 31.3. The summed E-state index contributed by atoms with van der Waals surface area (Å²) < 4.78 is 5.60. The molecule has 1 aromatic heterocycles. The maximum atomic E-state index is 12.7. The number of benzene rings is 2. The fourth-order valence-electron chi connectivity index (χ4n) is 3.12. The lowest BCUT2D eigenvalue weighted by molar-refractivity contribution is -0.132. The maximum absolute atomic E-state index is 12.7. The second kappa shape index (κ2) is 8.13. The standard InChI is InChI=1S/C22H21N3O3S/c1-14-7-8-16(11-15(14)2)23-22(27)18-12-29-13-25(18)21(26)10-9-20-24-17-5-3-4-6-19(17)28-20/h3-11,18H,12-13H2,1-2H3,(H,23,27)/b10-9+. The zero-order chi connectivity index (χ0) is 20.4. The van der Waals surface area contributed by atoms with Crippen molar-refractivity contribution in [1.29, 1.82) is 0 Å². The number of rotatable bonds is 4. The maximum Gasteiger partial charge on any atom is 0.248 e. The molecule has 2 aromatic carbocycles. The number of oxazole rings is 1. The van der Waals surface area contributed by atoms with Crippen LogP contribution in [0.2, 0.25) is 0 Å². The summed E-state index contributed by atoms with van der Waals surface area (Å²) in [6.45, 7) is 4.03. The molecule has 0 aliphatic carbocycles. The molecule has 4 rings (SSSR count). The predicted octanol–water partition coefficient (Wildman–Crippen LogP) is 4.00. The lowest BCUT2D eigenvalue weighted by Crippen LogP contribution is -2.43. The van der Waals surface area contributed by atoms with Gasteiger partial charge in [0.2, 0.25) is 17.7 Å². The van der Waals surface area contributed by atoms with Crippen LogP contribution >= 0.6 is 11.8 Å². The van der Waals surface area contributed by atoms with Crippen LogP contribution in [0.15, 0.2) is 53.0 Å². The number of carbonyl (C=O) groups excluding carboxylic acids is 2. The van der Waals surface area contributed by atoms with Gasteiger partial charge in [-0.25, -0.2) is 4.98 Å². The first-order chi connectivity index (χ1) is 14.0. The number of hydrogen-bond donors (Lipinski definition) is 1. The van der Waals surface area contributed by atoms with E-state index in [2.05, 4.69) is 10.3 Å². The molecule has 1 fully saturated rings. The first-order valence-electron chi connectivity index (χ1n) is 9.31. The summed E-state index contributed by atoms with van der Waals surface area (Å²) in [5.74, 6) is 0.989. The molecular weight excluding hydrogens is 386 g/mol. The third kappa shape index (κ3) is 4.19. The molecule has 29 heavy (non-hydrogen) atoms. The highest BCUT2D eigenvalue weighted by atomic mass is 32.2. The molecule has 0 bridgehead atoms. The third-order valence-electron chi connectivity index (χ3n) is 4.92. The second-order valence-corrected chi connectivity index (χ2v) is 7.96. The summed E-state index contributed by atoms with van der Waals surface area (Å²) in [7, 11) is 0. The molecule has 148 valence electrons. The Bertz CT molecular complexity index is 1070. The van der Waals surface area contributed by atoms with Crippen LogP contribution in [0, 0.1) is 13.8 Å². The average molecular weight is 407 g/mol. The van der Waals surface area contributed by atoms with E-state index in [-0.39, 0.29) is 11.8 Å². The zero-order valence-corrected chi connectivity index (χ0v) is 17.0. The van der Waals surface area contributed by atoms with Crippen molar-refractivity contribution in [2.45, 2.75) is 19.9 Å². The molecule has 1 unspecified atom stereocenters. The normalized spacial score (nSPS) is 16.6. The number of nitrogens with one attached hydrogen (secondary N) is 1. The largest absolute Gasteiger partial charge is 0.437 e. The number of para-hydroxylation sites is 2. The highest BCUT2D eigenvalue weighted by molar-refractivity contribution is 7.99. The van der Waals surface area contributed by atoms with Crippen LogP contribution in [-0.4, -0.2) is 39.4 Å². The van der Waals surface area contributed by atoms with Gasteiger partial charge < -0.3 is 14.6 Å². The topological polar surface area (TPSA) is 75.4 Å². The van der Waals surface area contributed by atoms with E-state index in [4.69, 9.17) is 4.42 Å². The van der Waals surface area contributed by atoms with Crippen molar-refractivity contribution in [3.63, 3.8) is 0 Å². The van der Waals surface area contributed by atoms with E-state index in [0.717, 1.165) is 16.8 Å². The van der Waals surface area contributed by atoms with E-state index >= 15 is 0 Å². The van der Waals surface area contributed by atoms with Crippen molar-refractivity contribution in [2.24, 2.45) is 0 Å². The first kappa shape index (κ1) is 19.3. The number of anilines is 1. The number of fused-ring (bicyclic) bond motifs is 1. The summed E-state index contributed by atoms with van der Waals surface area (Å²) in [5.41, 5.74) is 4.42. The quantitative estimate of drug-likeness (QED) is 0.662. The minimum atomic E-state index is -0.512. The molecule has 7 heteroatoms. The van der Waals surface area contributed by atoms with Gasteiger partial charge in [-0.2, -0.15) is 0 Å². The molecule has 1 atom stereocenters. The average Bonchev–Trinajstić information content (AvgIpc) is 3.35. The first-order valence-corrected chi connectivity index (χ1v) is 10.5. The molecule has 1 aliphatic rings. The van der Waals surface area contributed by atoms with Crippen LogP contribution in [0.1, 0.15) is 17.0 Å². The Morgan fingerprint density at radius 1 is 1.21 bits per heavy atom. The van der Waals surface area contributed by atoms with Crippen LogP contribution in [0.5, 0.6) is 0 Å². The molecule has 1 saturated heterocycles. The van der Waals surface area contributed by atoms with E-state index < -0.39 is 6.04 Å². The van der Waals surface area contributed by atoms with Gasteiger partial charge in [0.15, 0.2) is 5.58 Å². The minimum absolute atomic E-state index is 0.179. The van der Waals surface area contributed by atoms with Crippen LogP contribution in [0.3, 0.4) is 0 Å².